The molecule has 2 aromatic rings. The Balaban J connectivity index is 2.27. The number of hydrogen-bond donors (Lipinski definition) is 2. The van der Waals surface area contributed by atoms with Crippen molar-refractivity contribution in [3.8, 4) is 10.4 Å². The summed E-state index contributed by atoms with van der Waals surface area (Å²) in [5.74, 6) is -0.863. The number of rotatable bonds is 7. The molecule has 0 aliphatic carbocycles. The SMILES string of the molecule is COCC[C@@H](NC(=O)c1ccc(N)cc1-c1cccs1)C(=O)OC. The zero-order chi connectivity index (χ0) is 17.5. The van der Waals surface area contributed by atoms with Gasteiger partial charge in [-0.3, -0.25) is 4.79 Å². The zero-order valence-electron chi connectivity index (χ0n) is 13.6. The molecule has 0 aliphatic heterocycles. The molecule has 0 aliphatic rings. The number of nitrogen functional groups attached to an aromatic ring is 1. The number of esters is 1. The molecular weight excluding hydrogens is 328 g/mol. The molecule has 0 fully saturated rings. The van der Waals surface area contributed by atoms with E-state index in [4.69, 9.17) is 15.2 Å². The Bertz CT molecular complexity index is 701. The van der Waals surface area contributed by atoms with E-state index in [9.17, 15) is 9.59 Å². The van der Waals surface area contributed by atoms with Crippen molar-refractivity contribution in [2.24, 2.45) is 0 Å². The molecule has 2 rings (SSSR count). The molecule has 1 amide bonds. The maximum Gasteiger partial charge on any atom is 0.328 e. The first-order valence-corrected chi connectivity index (χ1v) is 8.25. The van der Waals surface area contributed by atoms with Crippen LogP contribution in [0.5, 0.6) is 0 Å². The van der Waals surface area contributed by atoms with Crippen molar-refractivity contribution in [2.45, 2.75) is 12.5 Å². The van der Waals surface area contributed by atoms with Gasteiger partial charge in [0.25, 0.3) is 5.91 Å². The quantitative estimate of drug-likeness (QED) is 0.592. The van der Waals surface area contributed by atoms with Crippen molar-refractivity contribution in [3.05, 3.63) is 41.3 Å². The Hall–Kier alpha value is -2.38. The van der Waals surface area contributed by atoms with Crippen molar-refractivity contribution in [2.75, 3.05) is 26.6 Å². The van der Waals surface area contributed by atoms with E-state index in [0.29, 0.717) is 24.3 Å². The Labute approximate surface area is 144 Å². The first-order chi connectivity index (χ1) is 11.6. The van der Waals surface area contributed by atoms with Gasteiger partial charge in [-0.15, -0.1) is 11.3 Å². The number of nitrogens with two attached hydrogens (primary N) is 1. The van der Waals surface area contributed by atoms with Crippen LogP contribution >= 0.6 is 11.3 Å². The fourth-order valence-corrected chi connectivity index (χ4v) is 3.02. The first-order valence-electron chi connectivity index (χ1n) is 7.38. The van der Waals surface area contributed by atoms with Gasteiger partial charge in [-0.05, 0) is 29.6 Å². The minimum Gasteiger partial charge on any atom is -0.467 e. The van der Waals surface area contributed by atoms with E-state index in [0.717, 1.165) is 10.4 Å². The molecule has 1 aromatic heterocycles. The molecule has 0 saturated heterocycles. The maximum absolute atomic E-state index is 12.7. The summed E-state index contributed by atoms with van der Waals surface area (Å²) in [5.41, 5.74) is 7.61. The molecule has 0 saturated carbocycles. The number of benzene rings is 1. The lowest BCUT2D eigenvalue weighted by molar-refractivity contribution is -0.143. The number of amides is 1. The summed E-state index contributed by atoms with van der Waals surface area (Å²) in [6, 6.07) is 8.12. The van der Waals surface area contributed by atoms with Crippen molar-refractivity contribution in [3.63, 3.8) is 0 Å². The van der Waals surface area contributed by atoms with Gasteiger partial charge in [0.1, 0.15) is 6.04 Å². The summed E-state index contributed by atoms with van der Waals surface area (Å²) >= 11 is 1.51. The smallest absolute Gasteiger partial charge is 0.328 e. The summed E-state index contributed by atoms with van der Waals surface area (Å²) in [6.07, 6.45) is 0.332. The van der Waals surface area contributed by atoms with Crippen LogP contribution in [0.4, 0.5) is 5.69 Å². The second-order valence-corrected chi connectivity index (χ2v) is 6.06. The fraction of sp³-hybridized carbons (Fsp3) is 0.294. The van der Waals surface area contributed by atoms with Crippen LogP contribution in [-0.4, -0.2) is 38.7 Å². The lowest BCUT2D eigenvalue weighted by Crippen LogP contribution is -2.42. The molecule has 1 heterocycles. The molecule has 0 radical (unpaired) electrons. The van der Waals surface area contributed by atoms with Gasteiger partial charge in [-0.25, -0.2) is 4.79 Å². The van der Waals surface area contributed by atoms with E-state index in [2.05, 4.69) is 5.32 Å². The number of ether oxygens (including phenoxy) is 2. The maximum atomic E-state index is 12.7. The van der Waals surface area contributed by atoms with E-state index in [1.807, 2.05) is 17.5 Å². The molecule has 7 heteroatoms. The van der Waals surface area contributed by atoms with Gasteiger partial charge in [0, 0.05) is 41.8 Å². The van der Waals surface area contributed by atoms with Crippen molar-refractivity contribution in [1.82, 2.24) is 5.32 Å². The van der Waals surface area contributed by atoms with Gasteiger partial charge >= 0.3 is 5.97 Å². The van der Waals surface area contributed by atoms with Gasteiger partial charge in [0.2, 0.25) is 0 Å². The van der Waals surface area contributed by atoms with Gasteiger partial charge in [-0.1, -0.05) is 6.07 Å². The van der Waals surface area contributed by atoms with E-state index in [1.54, 1.807) is 18.2 Å². The number of methoxy groups -OCH3 is 2. The van der Waals surface area contributed by atoms with Gasteiger partial charge in [0.15, 0.2) is 0 Å². The predicted molar refractivity (Wildman–Crippen MR) is 93.9 cm³/mol. The van der Waals surface area contributed by atoms with Crippen LogP contribution in [0.1, 0.15) is 16.8 Å². The highest BCUT2D eigenvalue weighted by atomic mass is 32.1. The summed E-state index contributed by atoms with van der Waals surface area (Å²) < 4.78 is 9.72. The molecule has 0 unspecified atom stereocenters. The highest BCUT2D eigenvalue weighted by Gasteiger charge is 2.23. The van der Waals surface area contributed by atoms with E-state index in [1.165, 1.54) is 25.6 Å². The third-order valence-electron chi connectivity index (χ3n) is 3.48. The Kier molecular flexibility index (Phi) is 6.34. The minimum absolute atomic E-state index is 0.332. The Morgan fingerprint density at radius 1 is 1.29 bits per heavy atom. The second kappa shape index (κ2) is 8.47. The largest absolute Gasteiger partial charge is 0.467 e. The number of nitrogens with one attached hydrogen (secondary N) is 1. The van der Waals surface area contributed by atoms with E-state index < -0.39 is 12.0 Å². The Morgan fingerprint density at radius 2 is 2.08 bits per heavy atom. The fourth-order valence-electron chi connectivity index (χ4n) is 2.26. The number of anilines is 1. The Morgan fingerprint density at radius 3 is 2.71 bits per heavy atom. The zero-order valence-corrected chi connectivity index (χ0v) is 14.4. The molecule has 1 aromatic carbocycles. The molecule has 1 atom stereocenters. The number of carbonyl (C=O) groups is 2. The average Bonchev–Trinajstić information content (AvgIpc) is 3.12. The van der Waals surface area contributed by atoms with Crippen molar-refractivity contribution < 1.29 is 19.1 Å². The van der Waals surface area contributed by atoms with Gasteiger partial charge in [-0.2, -0.15) is 0 Å². The third kappa shape index (κ3) is 4.33. The average molecular weight is 348 g/mol. The second-order valence-electron chi connectivity index (χ2n) is 5.11. The van der Waals surface area contributed by atoms with Crippen LogP contribution in [-0.2, 0) is 14.3 Å². The topological polar surface area (TPSA) is 90.6 Å². The molecule has 0 bridgehead atoms. The molecular formula is C17H20N2O4S. The summed E-state index contributed by atoms with van der Waals surface area (Å²) in [5, 5.41) is 4.64. The van der Waals surface area contributed by atoms with Crippen molar-refractivity contribution >= 4 is 28.9 Å². The van der Waals surface area contributed by atoms with Crippen LogP contribution in [0.3, 0.4) is 0 Å². The molecule has 3 N–H and O–H groups in total. The summed E-state index contributed by atoms with van der Waals surface area (Å²) in [6.45, 7) is 0.333. The lowest BCUT2D eigenvalue weighted by atomic mass is 10.0. The molecule has 6 nitrogen and oxygen atoms in total. The van der Waals surface area contributed by atoms with Crippen LogP contribution in [0, 0.1) is 0 Å². The highest BCUT2D eigenvalue weighted by molar-refractivity contribution is 7.13. The monoisotopic (exact) mass is 348 g/mol. The van der Waals surface area contributed by atoms with Crippen LogP contribution in [0.25, 0.3) is 10.4 Å². The van der Waals surface area contributed by atoms with Crippen LogP contribution in [0.15, 0.2) is 35.7 Å². The van der Waals surface area contributed by atoms with E-state index in [-0.39, 0.29) is 5.91 Å². The van der Waals surface area contributed by atoms with Crippen molar-refractivity contribution in [1.29, 1.82) is 0 Å². The van der Waals surface area contributed by atoms with E-state index >= 15 is 0 Å². The normalized spacial score (nSPS) is 11.8. The standard InChI is InChI=1S/C17H20N2O4S/c1-22-8-7-14(17(21)23-2)19-16(20)12-6-5-11(18)10-13(12)15-4-3-9-24-15/h3-6,9-10,14H,7-8,18H2,1-2H3,(H,19,20)/t14-/m1/s1. The van der Waals surface area contributed by atoms with Gasteiger partial charge < -0.3 is 20.5 Å². The number of thiophene rings is 1. The minimum atomic E-state index is -0.767. The predicted octanol–water partition coefficient (Wildman–Crippen LogP) is 2.31. The lowest BCUT2D eigenvalue weighted by Gasteiger charge is -2.17. The van der Waals surface area contributed by atoms with Gasteiger partial charge in [0.05, 0.1) is 7.11 Å². The number of carbonyl (C=O) groups excluding carboxylic acids is 2. The summed E-state index contributed by atoms with van der Waals surface area (Å²) in [4.78, 5) is 25.4. The highest BCUT2D eigenvalue weighted by Crippen LogP contribution is 2.30. The summed E-state index contributed by atoms with van der Waals surface area (Å²) in [7, 11) is 2.82. The molecule has 0 spiro atoms. The molecule has 128 valence electrons. The first kappa shape index (κ1) is 18.0. The molecule has 24 heavy (non-hydrogen) atoms. The third-order valence-corrected chi connectivity index (χ3v) is 4.38. The van der Waals surface area contributed by atoms with Crippen LogP contribution in [0.2, 0.25) is 0 Å². The van der Waals surface area contributed by atoms with Crippen LogP contribution < -0.4 is 11.1 Å². The number of hydrogen-bond acceptors (Lipinski definition) is 6.